The van der Waals surface area contributed by atoms with E-state index in [-0.39, 0.29) is 29.8 Å². The molecule has 1 fully saturated rings. The second-order valence-electron chi connectivity index (χ2n) is 5.87. The zero-order chi connectivity index (χ0) is 17.8. The third-order valence-electron chi connectivity index (χ3n) is 3.99. The van der Waals surface area contributed by atoms with Gasteiger partial charge in [-0.15, -0.1) is 12.4 Å². The summed E-state index contributed by atoms with van der Waals surface area (Å²) >= 11 is 5.83. The average molecular weight is 396 g/mol. The number of aromatic nitrogens is 2. The quantitative estimate of drug-likeness (QED) is 0.694. The summed E-state index contributed by atoms with van der Waals surface area (Å²) in [5.41, 5.74) is 6.20. The van der Waals surface area contributed by atoms with E-state index >= 15 is 0 Å². The molecule has 1 heterocycles. The zero-order valence-electron chi connectivity index (χ0n) is 13.8. The van der Waals surface area contributed by atoms with E-state index in [2.05, 4.69) is 20.6 Å². The number of nitrogens with zero attached hydrogens (tertiary/aromatic N) is 2. The van der Waals surface area contributed by atoms with Gasteiger partial charge in [0.2, 0.25) is 0 Å². The normalized spacial score (nSPS) is 14.1. The Morgan fingerprint density at radius 2 is 1.69 bits per heavy atom. The lowest BCUT2D eigenvalue weighted by Gasteiger charge is -2.16. The summed E-state index contributed by atoms with van der Waals surface area (Å²) in [6, 6.07) is 6.52. The van der Waals surface area contributed by atoms with Gasteiger partial charge in [-0.1, -0.05) is 11.6 Å². The SMILES string of the molecule is Cl.NCC(NC(=O)c1nccnc1C(=O)Nc1ccc(Cl)cc1)C1CC1. The fourth-order valence-electron chi connectivity index (χ4n) is 2.50. The predicted molar refractivity (Wildman–Crippen MR) is 102 cm³/mol. The van der Waals surface area contributed by atoms with Gasteiger partial charge >= 0.3 is 0 Å². The van der Waals surface area contributed by atoms with Crippen LogP contribution in [0.15, 0.2) is 36.7 Å². The Labute approximate surface area is 162 Å². The highest BCUT2D eigenvalue weighted by atomic mass is 35.5. The lowest BCUT2D eigenvalue weighted by molar-refractivity contribution is 0.0915. The largest absolute Gasteiger partial charge is 0.346 e. The molecule has 1 unspecified atom stereocenters. The second kappa shape index (κ2) is 8.93. The van der Waals surface area contributed by atoms with Crippen LogP contribution in [0.2, 0.25) is 5.02 Å². The van der Waals surface area contributed by atoms with E-state index in [1.165, 1.54) is 12.4 Å². The standard InChI is InChI=1S/C17H18ClN5O2.ClH/c18-11-3-5-12(6-4-11)22-16(24)14-15(21-8-7-20-14)17(25)23-13(9-19)10-1-2-10;/h3-8,10,13H,1-2,9,19H2,(H,22,24)(H,23,25);1H. The Hall–Kier alpha value is -2.22. The van der Waals surface area contributed by atoms with Crippen molar-refractivity contribution in [1.29, 1.82) is 0 Å². The minimum absolute atomic E-state index is 0. The van der Waals surface area contributed by atoms with Gasteiger partial charge in [-0.2, -0.15) is 0 Å². The molecule has 1 aliphatic rings. The van der Waals surface area contributed by atoms with Gasteiger partial charge in [0.25, 0.3) is 11.8 Å². The first-order chi connectivity index (χ1) is 12.1. The van der Waals surface area contributed by atoms with Crippen LogP contribution in [0.4, 0.5) is 5.69 Å². The molecule has 9 heteroatoms. The summed E-state index contributed by atoms with van der Waals surface area (Å²) in [5.74, 6) is -0.565. The summed E-state index contributed by atoms with van der Waals surface area (Å²) in [4.78, 5) is 33.0. The smallest absolute Gasteiger partial charge is 0.276 e. The molecule has 2 aromatic rings. The van der Waals surface area contributed by atoms with Crippen molar-refractivity contribution in [3.05, 3.63) is 53.1 Å². The zero-order valence-corrected chi connectivity index (χ0v) is 15.4. The molecule has 138 valence electrons. The molecule has 0 radical (unpaired) electrons. The number of hydrogen-bond acceptors (Lipinski definition) is 5. The van der Waals surface area contributed by atoms with Gasteiger partial charge in [0, 0.05) is 35.7 Å². The third kappa shape index (κ3) is 4.91. The van der Waals surface area contributed by atoms with Crippen molar-refractivity contribution in [3.8, 4) is 0 Å². The topological polar surface area (TPSA) is 110 Å². The van der Waals surface area contributed by atoms with Crippen LogP contribution in [0.5, 0.6) is 0 Å². The molecule has 1 aliphatic carbocycles. The first kappa shape index (κ1) is 20.1. The predicted octanol–water partition coefficient (Wildman–Crippen LogP) is 2.27. The van der Waals surface area contributed by atoms with Crippen LogP contribution in [0.25, 0.3) is 0 Å². The Kier molecular flexibility index (Phi) is 6.90. The molecular formula is C17H19Cl2N5O2. The van der Waals surface area contributed by atoms with E-state index < -0.39 is 11.8 Å². The molecule has 1 atom stereocenters. The molecule has 0 bridgehead atoms. The number of carbonyl (C=O) groups excluding carboxylic acids is 2. The first-order valence-electron chi connectivity index (χ1n) is 7.97. The van der Waals surface area contributed by atoms with Gasteiger partial charge in [-0.3, -0.25) is 9.59 Å². The lowest BCUT2D eigenvalue weighted by atomic mass is 10.1. The van der Waals surface area contributed by atoms with E-state index in [0.29, 0.717) is 23.2 Å². The molecule has 0 aliphatic heterocycles. The Morgan fingerprint density at radius 3 is 2.23 bits per heavy atom. The number of amides is 2. The molecular weight excluding hydrogens is 377 g/mol. The van der Waals surface area contributed by atoms with Crippen LogP contribution in [-0.4, -0.2) is 34.4 Å². The summed E-state index contributed by atoms with van der Waals surface area (Å²) in [5, 5.41) is 6.09. The van der Waals surface area contributed by atoms with E-state index in [1.807, 2.05) is 0 Å². The minimum Gasteiger partial charge on any atom is -0.346 e. The number of anilines is 1. The Morgan fingerprint density at radius 1 is 1.12 bits per heavy atom. The maximum absolute atomic E-state index is 12.5. The lowest BCUT2D eigenvalue weighted by Crippen LogP contribution is -2.42. The molecule has 1 aromatic carbocycles. The van der Waals surface area contributed by atoms with Gasteiger partial charge in [0.15, 0.2) is 11.4 Å². The van der Waals surface area contributed by atoms with Crippen molar-refractivity contribution in [2.75, 3.05) is 11.9 Å². The fourth-order valence-corrected chi connectivity index (χ4v) is 2.62. The molecule has 0 saturated heterocycles. The average Bonchev–Trinajstić information content (AvgIpc) is 3.46. The van der Waals surface area contributed by atoms with E-state index in [0.717, 1.165) is 12.8 Å². The van der Waals surface area contributed by atoms with Gasteiger partial charge in [0.1, 0.15) is 0 Å². The van der Waals surface area contributed by atoms with Crippen LogP contribution in [0.1, 0.15) is 33.8 Å². The van der Waals surface area contributed by atoms with Crippen LogP contribution in [-0.2, 0) is 0 Å². The molecule has 0 spiro atoms. The van der Waals surface area contributed by atoms with Gasteiger partial charge in [-0.05, 0) is 43.0 Å². The number of rotatable bonds is 6. The first-order valence-corrected chi connectivity index (χ1v) is 8.35. The Bertz CT molecular complexity index is 781. The minimum atomic E-state index is -0.517. The number of carbonyl (C=O) groups is 2. The van der Waals surface area contributed by atoms with E-state index in [1.54, 1.807) is 24.3 Å². The maximum Gasteiger partial charge on any atom is 0.276 e. The van der Waals surface area contributed by atoms with Crippen molar-refractivity contribution in [3.63, 3.8) is 0 Å². The number of nitrogens with two attached hydrogens (primary N) is 1. The molecule has 4 N–H and O–H groups in total. The van der Waals surface area contributed by atoms with Crippen LogP contribution < -0.4 is 16.4 Å². The van der Waals surface area contributed by atoms with Crippen molar-refractivity contribution in [1.82, 2.24) is 15.3 Å². The number of hydrogen-bond donors (Lipinski definition) is 3. The second-order valence-corrected chi connectivity index (χ2v) is 6.30. The molecule has 7 nitrogen and oxygen atoms in total. The van der Waals surface area contributed by atoms with Crippen molar-refractivity contribution >= 4 is 41.5 Å². The molecule has 1 saturated carbocycles. The number of halogens is 2. The van der Waals surface area contributed by atoms with Gasteiger partial charge < -0.3 is 16.4 Å². The van der Waals surface area contributed by atoms with Crippen molar-refractivity contribution in [2.24, 2.45) is 11.7 Å². The van der Waals surface area contributed by atoms with E-state index in [9.17, 15) is 9.59 Å². The fraction of sp³-hybridized carbons (Fsp3) is 0.294. The molecule has 3 rings (SSSR count). The summed E-state index contributed by atoms with van der Waals surface area (Å²) in [7, 11) is 0. The molecule has 26 heavy (non-hydrogen) atoms. The monoisotopic (exact) mass is 395 g/mol. The Balaban J connectivity index is 0.00000243. The van der Waals surface area contributed by atoms with Gasteiger partial charge in [-0.25, -0.2) is 9.97 Å². The highest BCUT2D eigenvalue weighted by Crippen LogP contribution is 2.32. The van der Waals surface area contributed by atoms with Crippen LogP contribution in [0.3, 0.4) is 0 Å². The third-order valence-corrected chi connectivity index (χ3v) is 4.24. The van der Waals surface area contributed by atoms with Crippen LogP contribution in [0, 0.1) is 5.92 Å². The van der Waals surface area contributed by atoms with Gasteiger partial charge in [0.05, 0.1) is 0 Å². The number of nitrogens with one attached hydrogen (secondary N) is 2. The molecule has 1 aromatic heterocycles. The molecule has 2 amide bonds. The van der Waals surface area contributed by atoms with Crippen molar-refractivity contribution < 1.29 is 9.59 Å². The van der Waals surface area contributed by atoms with Crippen LogP contribution >= 0.6 is 24.0 Å². The van der Waals surface area contributed by atoms with Crippen molar-refractivity contribution in [2.45, 2.75) is 18.9 Å². The highest BCUT2D eigenvalue weighted by Gasteiger charge is 2.32. The van der Waals surface area contributed by atoms with E-state index in [4.69, 9.17) is 17.3 Å². The number of benzene rings is 1. The summed E-state index contributed by atoms with van der Waals surface area (Å²) in [6.07, 6.45) is 4.84. The highest BCUT2D eigenvalue weighted by molar-refractivity contribution is 6.30. The maximum atomic E-state index is 12.5. The summed E-state index contributed by atoms with van der Waals surface area (Å²) in [6.45, 7) is 0.350. The summed E-state index contributed by atoms with van der Waals surface area (Å²) < 4.78 is 0.